The van der Waals surface area contributed by atoms with Crippen LogP contribution in [-0.2, 0) is 19.1 Å². The summed E-state index contributed by atoms with van der Waals surface area (Å²) in [5.41, 5.74) is 1.25. The van der Waals surface area contributed by atoms with Gasteiger partial charge in [-0.3, -0.25) is 9.59 Å². The van der Waals surface area contributed by atoms with Crippen LogP contribution >= 0.6 is 11.8 Å². The maximum Gasteiger partial charge on any atom is 0.331 e. The lowest BCUT2D eigenvalue weighted by atomic mass is 10.3. The van der Waals surface area contributed by atoms with Crippen LogP contribution in [0.3, 0.4) is 0 Å². The third-order valence-corrected chi connectivity index (χ3v) is 3.49. The number of nitrogens with zero attached hydrogens (tertiary/aromatic N) is 1. The molecular weight excluding hydrogens is 294 g/mol. The molecule has 7 heteroatoms. The minimum atomic E-state index is -1.14. The van der Waals surface area contributed by atoms with Gasteiger partial charge in [-0.1, -0.05) is 12.1 Å². The lowest BCUT2D eigenvalue weighted by Crippen LogP contribution is -2.30. The molecule has 0 bridgehead atoms. The second-order valence-electron chi connectivity index (χ2n) is 3.95. The molecule has 1 aromatic heterocycles. The molecule has 2 aromatic rings. The summed E-state index contributed by atoms with van der Waals surface area (Å²) in [5.74, 6) is -1.33. The fourth-order valence-electron chi connectivity index (χ4n) is 1.63. The van der Waals surface area contributed by atoms with Gasteiger partial charge in [-0.05, 0) is 37.7 Å². The number of fused-ring (bicyclic) bond motifs is 1. The van der Waals surface area contributed by atoms with E-state index in [1.54, 1.807) is 26.0 Å². The van der Waals surface area contributed by atoms with Gasteiger partial charge < -0.3 is 13.9 Å². The maximum atomic E-state index is 11.9. The highest BCUT2D eigenvalue weighted by atomic mass is 32.2. The van der Waals surface area contributed by atoms with Crippen molar-refractivity contribution in [3.8, 4) is 0 Å². The fraction of sp³-hybridized carbons (Fsp3) is 0.357. The van der Waals surface area contributed by atoms with E-state index in [1.165, 1.54) is 0 Å². The number of hydrogen-bond acceptors (Lipinski definition) is 7. The quantitative estimate of drug-likeness (QED) is 0.460. The molecule has 0 saturated carbocycles. The molecule has 0 saturated heterocycles. The number of ether oxygens (including phenoxy) is 2. The van der Waals surface area contributed by atoms with Crippen LogP contribution in [0.1, 0.15) is 13.8 Å². The van der Waals surface area contributed by atoms with E-state index in [2.05, 4.69) is 4.98 Å². The van der Waals surface area contributed by atoms with Gasteiger partial charge in [0.2, 0.25) is 5.25 Å². The third-order valence-electron chi connectivity index (χ3n) is 2.49. The van der Waals surface area contributed by atoms with E-state index in [1.807, 2.05) is 12.1 Å². The van der Waals surface area contributed by atoms with Crippen molar-refractivity contribution >= 4 is 34.8 Å². The molecule has 0 atom stereocenters. The number of rotatable bonds is 6. The molecule has 1 heterocycles. The summed E-state index contributed by atoms with van der Waals surface area (Å²) in [7, 11) is 0. The Morgan fingerprint density at radius 2 is 1.81 bits per heavy atom. The van der Waals surface area contributed by atoms with Crippen LogP contribution in [0.25, 0.3) is 11.1 Å². The van der Waals surface area contributed by atoms with E-state index < -0.39 is 17.2 Å². The van der Waals surface area contributed by atoms with E-state index in [0.29, 0.717) is 11.1 Å². The molecule has 0 fully saturated rings. The smallest absolute Gasteiger partial charge is 0.331 e. The molecule has 6 nitrogen and oxygen atoms in total. The largest absolute Gasteiger partial charge is 0.465 e. The first-order valence-corrected chi connectivity index (χ1v) is 7.39. The molecule has 0 aliphatic heterocycles. The number of para-hydroxylation sites is 2. The summed E-state index contributed by atoms with van der Waals surface area (Å²) in [4.78, 5) is 27.9. The normalized spacial score (nSPS) is 10.8. The van der Waals surface area contributed by atoms with Crippen LogP contribution in [0.2, 0.25) is 0 Å². The number of carbonyl (C=O) groups excluding carboxylic acids is 2. The van der Waals surface area contributed by atoms with Crippen molar-refractivity contribution in [1.82, 2.24) is 4.98 Å². The Labute approximate surface area is 125 Å². The Morgan fingerprint density at radius 3 is 2.38 bits per heavy atom. The highest BCUT2D eigenvalue weighted by Gasteiger charge is 2.32. The van der Waals surface area contributed by atoms with E-state index >= 15 is 0 Å². The zero-order valence-electron chi connectivity index (χ0n) is 11.7. The van der Waals surface area contributed by atoms with Gasteiger partial charge in [0.15, 0.2) is 5.58 Å². The summed E-state index contributed by atoms with van der Waals surface area (Å²) in [6, 6.07) is 7.19. The van der Waals surface area contributed by atoms with Crippen LogP contribution in [0.5, 0.6) is 0 Å². The van der Waals surface area contributed by atoms with Gasteiger partial charge in [0.05, 0.1) is 13.2 Å². The summed E-state index contributed by atoms with van der Waals surface area (Å²) >= 11 is 0.884. The lowest BCUT2D eigenvalue weighted by Gasteiger charge is -2.11. The first-order chi connectivity index (χ1) is 10.2. The SMILES string of the molecule is CCOC(=O)C(Sc1nc2ccccc2o1)C(=O)OCC. The molecule has 0 unspecified atom stereocenters. The van der Waals surface area contributed by atoms with Crippen molar-refractivity contribution in [2.45, 2.75) is 24.3 Å². The van der Waals surface area contributed by atoms with E-state index in [9.17, 15) is 9.59 Å². The van der Waals surface area contributed by atoms with E-state index in [4.69, 9.17) is 13.9 Å². The van der Waals surface area contributed by atoms with E-state index in [-0.39, 0.29) is 18.4 Å². The number of carbonyl (C=O) groups is 2. The van der Waals surface area contributed by atoms with Crippen LogP contribution in [0, 0.1) is 0 Å². The van der Waals surface area contributed by atoms with Crippen LogP contribution in [0.15, 0.2) is 33.9 Å². The average molecular weight is 309 g/mol. The number of oxazole rings is 1. The molecule has 0 amide bonds. The second-order valence-corrected chi connectivity index (χ2v) is 5.01. The molecule has 0 N–H and O–H groups in total. The summed E-state index contributed by atoms with van der Waals surface area (Å²) in [5, 5.41) is -0.916. The molecular formula is C14H15NO5S. The van der Waals surface area contributed by atoms with Crippen LogP contribution < -0.4 is 0 Å². The van der Waals surface area contributed by atoms with Crippen molar-refractivity contribution in [2.75, 3.05) is 13.2 Å². The molecule has 1 aromatic carbocycles. The Kier molecular flexibility index (Phi) is 5.21. The zero-order valence-corrected chi connectivity index (χ0v) is 12.5. The molecule has 0 aliphatic rings. The van der Waals surface area contributed by atoms with Gasteiger partial charge in [0, 0.05) is 0 Å². The summed E-state index contributed by atoms with van der Waals surface area (Å²) in [6.07, 6.45) is 0. The predicted molar refractivity (Wildman–Crippen MR) is 76.9 cm³/mol. The molecule has 0 radical (unpaired) electrons. The minimum Gasteiger partial charge on any atom is -0.465 e. The van der Waals surface area contributed by atoms with Gasteiger partial charge in [0.1, 0.15) is 5.52 Å². The van der Waals surface area contributed by atoms with Crippen molar-refractivity contribution in [2.24, 2.45) is 0 Å². The van der Waals surface area contributed by atoms with Gasteiger partial charge in [0.25, 0.3) is 5.22 Å². The predicted octanol–water partition coefficient (Wildman–Crippen LogP) is 2.41. The molecule has 2 rings (SSSR count). The second kappa shape index (κ2) is 7.12. The zero-order chi connectivity index (χ0) is 15.2. The summed E-state index contributed by atoms with van der Waals surface area (Å²) in [6.45, 7) is 3.71. The Hall–Kier alpha value is -2.02. The van der Waals surface area contributed by atoms with Gasteiger partial charge in [-0.25, -0.2) is 4.98 Å². The molecule has 0 aliphatic carbocycles. The monoisotopic (exact) mass is 309 g/mol. The molecule has 112 valence electrons. The number of benzene rings is 1. The fourth-order valence-corrected chi connectivity index (χ4v) is 2.45. The van der Waals surface area contributed by atoms with Crippen molar-refractivity contribution in [3.05, 3.63) is 24.3 Å². The third kappa shape index (κ3) is 3.75. The highest BCUT2D eigenvalue weighted by molar-refractivity contribution is 8.01. The van der Waals surface area contributed by atoms with Crippen LogP contribution in [0.4, 0.5) is 0 Å². The average Bonchev–Trinajstić information content (AvgIpc) is 2.87. The maximum absolute atomic E-state index is 11.9. The Balaban J connectivity index is 2.20. The minimum absolute atomic E-state index is 0.183. The van der Waals surface area contributed by atoms with Gasteiger partial charge in [-0.15, -0.1) is 0 Å². The summed E-state index contributed by atoms with van der Waals surface area (Å²) < 4.78 is 15.3. The standard InChI is InChI=1S/C14H15NO5S/c1-3-18-12(16)11(13(17)19-4-2)21-14-15-9-7-5-6-8-10(9)20-14/h5-8,11H,3-4H2,1-2H3. The lowest BCUT2D eigenvalue weighted by molar-refractivity contribution is -0.152. The first-order valence-electron chi connectivity index (χ1n) is 6.51. The highest BCUT2D eigenvalue weighted by Crippen LogP contribution is 2.28. The molecule has 21 heavy (non-hydrogen) atoms. The topological polar surface area (TPSA) is 78.6 Å². The number of aromatic nitrogens is 1. The van der Waals surface area contributed by atoms with Gasteiger partial charge >= 0.3 is 11.9 Å². The molecule has 0 spiro atoms. The first kappa shape index (κ1) is 15.4. The number of thioether (sulfide) groups is 1. The number of hydrogen-bond donors (Lipinski definition) is 0. The van der Waals surface area contributed by atoms with E-state index in [0.717, 1.165) is 11.8 Å². The van der Waals surface area contributed by atoms with Crippen LogP contribution in [-0.4, -0.2) is 35.4 Å². The van der Waals surface area contributed by atoms with Gasteiger partial charge in [-0.2, -0.15) is 0 Å². The van der Waals surface area contributed by atoms with Crippen molar-refractivity contribution in [1.29, 1.82) is 0 Å². The van der Waals surface area contributed by atoms with Crippen molar-refractivity contribution in [3.63, 3.8) is 0 Å². The van der Waals surface area contributed by atoms with Crippen molar-refractivity contribution < 1.29 is 23.5 Å². The Morgan fingerprint density at radius 1 is 1.19 bits per heavy atom. The number of esters is 2. The Bertz CT molecular complexity index is 588.